The Morgan fingerprint density at radius 3 is 2.36 bits per heavy atom. The standard InChI is InChI=1S/C19H26Cl2O7/c1-24-19(25-2)16(20)9-11-8-12(28-18(23,14(16)22)17(11,19)21)13-10-26-15(27-13)6-4-3-5-7-15/h11-13,23H,3-10H2,1-2H3/t11-,12-,13+,16?,17?,18-/m0/s1. The minimum absolute atomic E-state index is 0.236. The largest absolute Gasteiger partial charge is 0.358 e. The molecular weight excluding hydrogens is 411 g/mol. The van der Waals surface area contributed by atoms with Gasteiger partial charge >= 0.3 is 0 Å². The van der Waals surface area contributed by atoms with Gasteiger partial charge in [0.1, 0.15) is 6.10 Å². The monoisotopic (exact) mass is 436 g/mol. The zero-order valence-corrected chi connectivity index (χ0v) is 17.6. The topological polar surface area (TPSA) is 83.5 Å². The predicted molar refractivity (Wildman–Crippen MR) is 98.1 cm³/mol. The number of Topliss-reactive ketones (excluding diaryl/α,β-unsaturated/α-hetero) is 1. The van der Waals surface area contributed by atoms with Crippen LogP contribution in [0.4, 0.5) is 0 Å². The molecule has 0 aromatic heterocycles. The van der Waals surface area contributed by atoms with Crippen molar-refractivity contribution in [3.8, 4) is 0 Å². The van der Waals surface area contributed by atoms with Crippen LogP contribution in [0, 0.1) is 5.92 Å². The van der Waals surface area contributed by atoms with Crippen molar-refractivity contribution in [3.05, 3.63) is 0 Å². The molecule has 5 fully saturated rings. The molecule has 1 N–H and O–H groups in total. The van der Waals surface area contributed by atoms with Crippen LogP contribution in [0.15, 0.2) is 0 Å². The Balaban J connectivity index is 1.45. The van der Waals surface area contributed by atoms with E-state index in [-0.39, 0.29) is 18.4 Å². The number of halogens is 2. The normalized spacial score (nSPS) is 51.2. The van der Waals surface area contributed by atoms with E-state index in [4.69, 9.17) is 46.9 Å². The minimum atomic E-state index is -2.32. The number of fused-ring (bicyclic) bond motifs is 1. The number of ether oxygens (including phenoxy) is 5. The molecule has 2 saturated heterocycles. The lowest BCUT2D eigenvalue weighted by Gasteiger charge is -2.51. The third-order valence-corrected chi connectivity index (χ3v) is 8.96. The van der Waals surface area contributed by atoms with E-state index >= 15 is 0 Å². The fraction of sp³-hybridized carbons (Fsp3) is 0.947. The van der Waals surface area contributed by atoms with Gasteiger partial charge in [-0.05, 0) is 31.6 Å². The quantitative estimate of drug-likeness (QED) is 0.535. The van der Waals surface area contributed by atoms with Crippen LogP contribution in [0.2, 0.25) is 0 Å². The summed E-state index contributed by atoms with van der Waals surface area (Å²) in [4.78, 5) is 9.94. The molecule has 3 saturated carbocycles. The Kier molecular flexibility index (Phi) is 4.30. The van der Waals surface area contributed by atoms with E-state index in [0.717, 1.165) is 25.7 Å². The summed E-state index contributed by atoms with van der Waals surface area (Å²) in [6.07, 6.45) is 4.80. The van der Waals surface area contributed by atoms with E-state index in [1.165, 1.54) is 20.6 Å². The van der Waals surface area contributed by atoms with Crippen LogP contribution in [0.1, 0.15) is 44.9 Å². The Labute approximate surface area is 173 Å². The zero-order valence-electron chi connectivity index (χ0n) is 16.0. The van der Waals surface area contributed by atoms with E-state index in [1.54, 1.807) is 0 Å². The molecule has 0 radical (unpaired) electrons. The van der Waals surface area contributed by atoms with Crippen LogP contribution in [0.5, 0.6) is 0 Å². The number of rotatable bonds is 3. The van der Waals surface area contributed by atoms with Crippen LogP contribution in [-0.4, -0.2) is 71.0 Å². The summed E-state index contributed by atoms with van der Waals surface area (Å²) in [5, 5.41) is 11.4. The van der Waals surface area contributed by atoms with Crippen LogP contribution in [0.3, 0.4) is 0 Å². The Morgan fingerprint density at radius 1 is 1.07 bits per heavy atom. The molecule has 2 heterocycles. The highest BCUT2D eigenvalue weighted by Crippen LogP contribution is 2.72. The lowest BCUT2D eigenvalue weighted by atomic mass is 9.75. The van der Waals surface area contributed by atoms with E-state index in [9.17, 15) is 9.90 Å². The van der Waals surface area contributed by atoms with Crippen molar-refractivity contribution in [1.29, 1.82) is 0 Å². The maximum atomic E-state index is 13.2. The molecule has 3 aliphatic carbocycles. The lowest BCUT2D eigenvalue weighted by molar-refractivity contribution is -0.317. The molecule has 6 atom stereocenters. The Hall–Kier alpha value is 0.01000. The van der Waals surface area contributed by atoms with Crippen molar-refractivity contribution in [2.24, 2.45) is 5.92 Å². The first kappa shape index (κ1) is 19.9. The SMILES string of the molecule is COC1(OC)C2(Cl)C[C@@H]3C[C@@H]([C@H]4COC5(CCCCC5)O4)O[C@@](O)(C2=O)C31Cl. The molecule has 2 unspecified atom stereocenters. The van der Waals surface area contributed by atoms with Crippen molar-refractivity contribution in [3.63, 3.8) is 0 Å². The van der Waals surface area contributed by atoms with Crippen LogP contribution < -0.4 is 0 Å². The number of alkyl halides is 2. The second kappa shape index (κ2) is 6.04. The van der Waals surface area contributed by atoms with Crippen LogP contribution in [0.25, 0.3) is 0 Å². The molecule has 158 valence electrons. The molecule has 2 bridgehead atoms. The average molecular weight is 437 g/mol. The summed E-state index contributed by atoms with van der Waals surface area (Å²) >= 11 is 13.6. The summed E-state index contributed by atoms with van der Waals surface area (Å²) in [5.41, 5.74) is 0. The highest BCUT2D eigenvalue weighted by Gasteiger charge is 2.93. The number of carbonyl (C=O) groups excluding carboxylic acids is 1. The second-order valence-electron chi connectivity index (χ2n) is 8.74. The average Bonchev–Trinajstić information content (AvgIpc) is 3.20. The van der Waals surface area contributed by atoms with Gasteiger partial charge in [-0.1, -0.05) is 6.42 Å². The van der Waals surface area contributed by atoms with Crippen molar-refractivity contribution in [2.45, 2.75) is 84.3 Å². The van der Waals surface area contributed by atoms with Crippen LogP contribution >= 0.6 is 23.2 Å². The summed E-state index contributed by atoms with van der Waals surface area (Å²) in [5.74, 6) is -5.63. The summed E-state index contributed by atoms with van der Waals surface area (Å²) in [6.45, 7) is 0.364. The first-order valence-electron chi connectivity index (χ1n) is 9.97. The molecule has 9 heteroatoms. The first-order valence-corrected chi connectivity index (χ1v) is 10.7. The number of hydrogen-bond acceptors (Lipinski definition) is 7. The van der Waals surface area contributed by atoms with Gasteiger partial charge in [0.15, 0.2) is 15.5 Å². The van der Waals surface area contributed by atoms with Crippen molar-refractivity contribution < 1.29 is 33.6 Å². The maximum Gasteiger partial charge on any atom is 0.254 e. The molecule has 0 amide bonds. The van der Waals surface area contributed by atoms with Crippen molar-refractivity contribution in [2.75, 3.05) is 20.8 Å². The smallest absolute Gasteiger partial charge is 0.254 e. The highest BCUT2D eigenvalue weighted by molar-refractivity contribution is 6.44. The molecule has 5 aliphatic rings. The molecule has 5 rings (SSSR count). The second-order valence-corrected chi connectivity index (χ2v) is 9.98. The fourth-order valence-corrected chi connectivity index (χ4v) is 7.60. The summed E-state index contributed by atoms with van der Waals surface area (Å²) < 4.78 is 29.4. The molecule has 0 aromatic rings. The van der Waals surface area contributed by atoms with Gasteiger partial charge in [-0.15, -0.1) is 23.2 Å². The fourth-order valence-electron chi connectivity index (χ4n) is 6.33. The van der Waals surface area contributed by atoms with Gasteiger partial charge in [-0.3, -0.25) is 4.79 Å². The highest BCUT2D eigenvalue weighted by atomic mass is 35.5. The van der Waals surface area contributed by atoms with Crippen LogP contribution in [-0.2, 0) is 28.5 Å². The summed E-state index contributed by atoms with van der Waals surface area (Å²) in [7, 11) is 2.75. The third kappa shape index (κ3) is 2.01. The van der Waals surface area contributed by atoms with E-state index < -0.39 is 39.0 Å². The van der Waals surface area contributed by atoms with Gasteiger partial charge in [-0.25, -0.2) is 0 Å². The summed E-state index contributed by atoms with van der Waals surface area (Å²) in [6, 6.07) is 0. The number of hydrogen-bond donors (Lipinski definition) is 1. The van der Waals surface area contributed by atoms with E-state index in [1.807, 2.05) is 0 Å². The first-order chi connectivity index (χ1) is 13.2. The molecule has 0 aromatic carbocycles. The number of ketones is 1. The predicted octanol–water partition coefficient (Wildman–Crippen LogP) is 2.09. The van der Waals surface area contributed by atoms with Crippen molar-refractivity contribution in [1.82, 2.24) is 0 Å². The Bertz CT molecular complexity index is 694. The van der Waals surface area contributed by atoms with E-state index in [0.29, 0.717) is 13.0 Å². The lowest BCUT2D eigenvalue weighted by Crippen LogP contribution is -2.69. The van der Waals surface area contributed by atoms with Gasteiger partial charge in [-0.2, -0.15) is 0 Å². The van der Waals surface area contributed by atoms with Gasteiger partial charge in [0.2, 0.25) is 11.6 Å². The molecule has 28 heavy (non-hydrogen) atoms. The zero-order chi connectivity index (χ0) is 20.0. The minimum Gasteiger partial charge on any atom is -0.358 e. The van der Waals surface area contributed by atoms with Gasteiger partial charge in [0, 0.05) is 27.1 Å². The van der Waals surface area contributed by atoms with E-state index in [2.05, 4.69) is 0 Å². The number of carbonyl (C=O) groups is 1. The van der Waals surface area contributed by atoms with Crippen molar-refractivity contribution >= 4 is 29.0 Å². The van der Waals surface area contributed by atoms with Gasteiger partial charge < -0.3 is 28.8 Å². The van der Waals surface area contributed by atoms with Gasteiger partial charge in [0.25, 0.3) is 5.79 Å². The number of aliphatic hydroxyl groups is 1. The number of methoxy groups -OCH3 is 2. The Morgan fingerprint density at radius 2 is 1.75 bits per heavy atom. The molecule has 1 spiro atoms. The van der Waals surface area contributed by atoms with Gasteiger partial charge in [0.05, 0.1) is 12.7 Å². The third-order valence-electron chi connectivity index (χ3n) is 7.57. The molecule has 2 aliphatic heterocycles. The molecule has 7 nitrogen and oxygen atoms in total. The molecular formula is C19H26Cl2O7. The maximum absolute atomic E-state index is 13.2.